The van der Waals surface area contributed by atoms with E-state index in [1.54, 1.807) is 7.11 Å². The molecule has 30 heavy (non-hydrogen) atoms. The van der Waals surface area contributed by atoms with Crippen LogP contribution in [0.3, 0.4) is 0 Å². The van der Waals surface area contributed by atoms with Gasteiger partial charge in [0.05, 0.1) is 0 Å². The monoisotopic (exact) mass is 493 g/mol. The van der Waals surface area contributed by atoms with Crippen molar-refractivity contribution in [2.75, 3.05) is 19.1 Å². The van der Waals surface area contributed by atoms with Crippen molar-refractivity contribution in [1.29, 1.82) is 0 Å². The molecule has 0 fully saturated rings. The van der Waals surface area contributed by atoms with E-state index in [1.807, 2.05) is 0 Å². The van der Waals surface area contributed by atoms with Gasteiger partial charge in [-0.15, -0.1) is 0 Å². The molecule has 0 saturated carbocycles. The molecular formula is C26H40NOPSe. The zero-order chi connectivity index (χ0) is 23.1. The fraction of sp³-hybridized carbons (Fsp3) is 0.615. The van der Waals surface area contributed by atoms with Crippen LogP contribution in [-0.4, -0.2) is 35.3 Å². The van der Waals surface area contributed by atoms with E-state index in [-0.39, 0.29) is 16.2 Å². The third-order valence-corrected chi connectivity index (χ3v) is 8.06. The molecule has 0 aromatic heterocycles. The van der Waals surface area contributed by atoms with Gasteiger partial charge in [-0.3, -0.25) is 0 Å². The number of benzene rings is 1. The van der Waals surface area contributed by atoms with Gasteiger partial charge in [0.25, 0.3) is 0 Å². The van der Waals surface area contributed by atoms with Crippen LogP contribution in [0, 0.1) is 22.2 Å². The van der Waals surface area contributed by atoms with E-state index in [1.165, 1.54) is 29.0 Å². The average molecular weight is 493 g/mol. The molecule has 1 aliphatic rings. The predicted molar refractivity (Wildman–Crippen MR) is 135 cm³/mol. The third-order valence-electron chi connectivity index (χ3n) is 6.11. The summed E-state index contributed by atoms with van der Waals surface area (Å²) < 4.78 is 5.39. The Morgan fingerprint density at radius 1 is 0.900 bits per heavy atom. The second-order valence-corrected chi connectivity index (χ2v) is 13.4. The van der Waals surface area contributed by atoms with Crippen LogP contribution in [-0.2, 0) is 0 Å². The summed E-state index contributed by atoms with van der Waals surface area (Å²) in [6, 6.07) is 8.77. The van der Waals surface area contributed by atoms with Crippen molar-refractivity contribution < 1.29 is 4.74 Å². The molecule has 0 heterocycles. The summed E-state index contributed by atoms with van der Waals surface area (Å²) in [4.78, 5) is 2.48. The van der Waals surface area contributed by atoms with Gasteiger partial charge in [0.15, 0.2) is 0 Å². The van der Waals surface area contributed by atoms with Crippen LogP contribution in [0.1, 0.15) is 62.3 Å². The summed E-state index contributed by atoms with van der Waals surface area (Å²) in [5, 5.41) is 1.54. The Labute approximate surface area is 194 Å². The Balaban J connectivity index is 2.78. The second-order valence-electron chi connectivity index (χ2n) is 11.6. The normalized spacial score (nSPS) is 21.0. The Kier molecular flexibility index (Phi) is 7.56. The van der Waals surface area contributed by atoms with Gasteiger partial charge in [0.1, 0.15) is 0 Å². The topological polar surface area (TPSA) is 12.5 Å². The molecule has 1 aromatic rings. The summed E-state index contributed by atoms with van der Waals surface area (Å²) in [7, 11) is 3.97. The molecule has 4 heteroatoms. The van der Waals surface area contributed by atoms with E-state index in [0.29, 0.717) is 12.0 Å². The number of methoxy groups -OCH3 is 1. The molecule has 2 atom stereocenters. The SMILES string of the molecule is COc1ccc(N(C)C2C(C(C)(C)C)=CC(C(C)(C)C)=C(P=[Se])C2C(C)(C)C)cc1. The van der Waals surface area contributed by atoms with E-state index in [0.717, 1.165) is 5.75 Å². The fourth-order valence-corrected chi connectivity index (χ4v) is 6.95. The van der Waals surface area contributed by atoms with Crippen LogP contribution in [0.15, 0.2) is 46.8 Å². The molecule has 0 radical (unpaired) electrons. The van der Waals surface area contributed by atoms with Crippen LogP contribution in [0.5, 0.6) is 5.75 Å². The first-order valence-electron chi connectivity index (χ1n) is 10.8. The van der Waals surface area contributed by atoms with Crippen molar-refractivity contribution in [2.45, 2.75) is 68.4 Å². The molecule has 166 valence electrons. The average Bonchev–Trinajstić information content (AvgIpc) is 2.63. The first kappa shape index (κ1) is 25.4. The molecule has 0 bridgehead atoms. The van der Waals surface area contributed by atoms with Crippen LogP contribution in [0.4, 0.5) is 5.69 Å². The van der Waals surface area contributed by atoms with Gasteiger partial charge in [0, 0.05) is 0 Å². The van der Waals surface area contributed by atoms with Crippen LogP contribution in [0.2, 0.25) is 0 Å². The summed E-state index contributed by atoms with van der Waals surface area (Å²) in [5.41, 5.74) is 4.53. The summed E-state index contributed by atoms with van der Waals surface area (Å²) in [6.45, 7) is 22.5. The number of nitrogens with zero attached hydrogens (tertiary/aromatic N) is 1. The third kappa shape index (κ3) is 5.29. The van der Waals surface area contributed by atoms with Crippen molar-refractivity contribution in [3.8, 4) is 5.75 Å². The Morgan fingerprint density at radius 2 is 1.43 bits per heavy atom. The van der Waals surface area contributed by atoms with Crippen LogP contribution < -0.4 is 9.64 Å². The Bertz CT molecular complexity index is 832. The minimum absolute atomic E-state index is 0.0747. The zero-order valence-electron chi connectivity index (χ0n) is 20.8. The van der Waals surface area contributed by atoms with Crippen LogP contribution >= 0.6 is 6.83 Å². The van der Waals surface area contributed by atoms with E-state index in [9.17, 15) is 0 Å². The molecule has 2 nitrogen and oxygen atoms in total. The number of allylic oxidation sites excluding steroid dienone is 2. The predicted octanol–water partition coefficient (Wildman–Crippen LogP) is 7.48. The zero-order valence-corrected chi connectivity index (χ0v) is 23.4. The molecular weight excluding hydrogens is 452 g/mol. The Hall–Kier alpha value is -0.881. The second kappa shape index (κ2) is 8.93. The van der Waals surface area contributed by atoms with Gasteiger partial charge in [-0.2, -0.15) is 0 Å². The van der Waals surface area contributed by atoms with Gasteiger partial charge < -0.3 is 0 Å². The molecule has 2 unspecified atom stereocenters. The maximum absolute atomic E-state index is 5.39. The number of rotatable bonds is 4. The molecule has 0 spiro atoms. The fourth-order valence-electron chi connectivity index (χ4n) is 4.47. The van der Waals surface area contributed by atoms with Crippen LogP contribution in [0.25, 0.3) is 0 Å². The minimum atomic E-state index is 0.0747. The van der Waals surface area contributed by atoms with Crippen molar-refractivity contribution in [1.82, 2.24) is 0 Å². The van der Waals surface area contributed by atoms with Crippen molar-refractivity contribution in [3.63, 3.8) is 0 Å². The molecule has 0 saturated heterocycles. The van der Waals surface area contributed by atoms with E-state index < -0.39 is 0 Å². The first-order valence-corrected chi connectivity index (χ1v) is 13.9. The number of ether oxygens (including phenoxy) is 1. The standard InChI is InChI=1S/C26H40NOPSe/c1-24(2,3)19-16-20(25(4,5)6)23(29-30)21(26(7,8)9)22(19)27(10)17-12-14-18(28-11)15-13-17/h12-16,21-22H,1-11H3. The van der Waals surface area contributed by atoms with Gasteiger partial charge >= 0.3 is 194 Å². The molecule has 0 N–H and O–H groups in total. The van der Waals surface area contributed by atoms with Gasteiger partial charge in [0.2, 0.25) is 0 Å². The van der Waals surface area contributed by atoms with Crippen molar-refractivity contribution in [3.05, 3.63) is 46.8 Å². The molecule has 0 amide bonds. The van der Waals surface area contributed by atoms with Gasteiger partial charge in [-0.25, -0.2) is 0 Å². The number of hydrogen-bond acceptors (Lipinski definition) is 2. The molecule has 1 aromatic carbocycles. The van der Waals surface area contributed by atoms with E-state index in [4.69, 9.17) is 4.74 Å². The van der Waals surface area contributed by atoms with E-state index in [2.05, 4.69) is 120 Å². The van der Waals surface area contributed by atoms with Gasteiger partial charge in [-0.1, -0.05) is 0 Å². The van der Waals surface area contributed by atoms with E-state index >= 15 is 0 Å². The quantitative estimate of drug-likeness (QED) is 0.319. The van der Waals surface area contributed by atoms with Gasteiger partial charge in [-0.05, 0) is 0 Å². The maximum atomic E-state index is 5.39. The Morgan fingerprint density at radius 3 is 1.80 bits per heavy atom. The first-order chi connectivity index (χ1) is 13.6. The number of likely N-dealkylation sites (N-methyl/N-ethyl adjacent to an activating group) is 1. The molecule has 2 rings (SSSR count). The van der Waals surface area contributed by atoms with Crippen molar-refractivity contribution >= 4 is 27.6 Å². The summed E-state index contributed by atoms with van der Waals surface area (Å²) in [5.74, 6) is 1.30. The summed E-state index contributed by atoms with van der Waals surface area (Å²) in [6.07, 6.45) is 2.52. The summed E-state index contributed by atoms with van der Waals surface area (Å²) >= 11 is 3.33. The molecule has 0 aliphatic heterocycles. The van der Waals surface area contributed by atoms with Crippen molar-refractivity contribution in [2.24, 2.45) is 22.2 Å². The molecule has 1 aliphatic carbocycles. The number of anilines is 1. The number of hydrogen-bond donors (Lipinski definition) is 0.